The van der Waals surface area contributed by atoms with E-state index < -0.39 is 16.1 Å². The van der Waals surface area contributed by atoms with E-state index >= 15 is 0 Å². The molecule has 0 atom stereocenters. The SMILES string of the molecule is Cc1ccc(S(=O)(=O)NC(=O)Nc2c3c(cc4c2CCC4)CCC3)cc1. The van der Waals surface area contributed by atoms with Crippen LogP contribution in [0.5, 0.6) is 0 Å². The molecule has 0 spiro atoms. The molecule has 26 heavy (non-hydrogen) atoms. The molecule has 0 saturated carbocycles. The molecule has 0 fully saturated rings. The van der Waals surface area contributed by atoms with Crippen molar-refractivity contribution >= 4 is 21.7 Å². The van der Waals surface area contributed by atoms with Gasteiger partial charge >= 0.3 is 6.03 Å². The topological polar surface area (TPSA) is 75.3 Å². The lowest BCUT2D eigenvalue weighted by Crippen LogP contribution is -2.35. The summed E-state index contributed by atoms with van der Waals surface area (Å²) >= 11 is 0. The molecule has 0 radical (unpaired) electrons. The maximum absolute atomic E-state index is 12.5. The number of hydrogen-bond acceptors (Lipinski definition) is 3. The van der Waals surface area contributed by atoms with Crippen LogP contribution in [-0.4, -0.2) is 14.4 Å². The number of hydrogen-bond donors (Lipinski definition) is 2. The molecule has 0 heterocycles. The van der Waals surface area contributed by atoms with Gasteiger partial charge in [0.2, 0.25) is 0 Å². The Labute approximate surface area is 153 Å². The number of carbonyl (C=O) groups is 1. The molecule has 5 nitrogen and oxygen atoms in total. The highest BCUT2D eigenvalue weighted by Crippen LogP contribution is 2.38. The van der Waals surface area contributed by atoms with Gasteiger partial charge in [0.25, 0.3) is 10.0 Å². The Morgan fingerprint density at radius 3 is 2.08 bits per heavy atom. The number of sulfonamides is 1. The summed E-state index contributed by atoms with van der Waals surface area (Å²) in [7, 11) is -3.89. The summed E-state index contributed by atoms with van der Waals surface area (Å²) < 4.78 is 27.0. The van der Waals surface area contributed by atoms with E-state index in [0.717, 1.165) is 49.8 Å². The lowest BCUT2D eigenvalue weighted by atomic mass is 9.99. The number of fused-ring (bicyclic) bond motifs is 2. The van der Waals surface area contributed by atoms with Crippen LogP contribution in [0.15, 0.2) is 35.2 Å². The van der Waals surface area contributed by atoms with E-state index in [9.17, 15) is 13.2 Å². The first-order valence-electron chi connectivity index (χ1n) is 9.01. The second-order valence-corrected chi connectivity index (χ2v) is 8.79. The lowest BCUT2D eigenvalue weighted by molar-refractivity contribution is 0.256. The van der Waals surface area contributed by atoms with Crippen LogP contribution < -0.4 is 10.0 Å². The molecule has 0 aliphatic heterocycles. The van der Waals surface area contributed by atoms with Crippen molar-refractivity contribution in [2.24, 2.45) is 0 Å². The summed E-state index contributed by atoms with van der Waals surface area (Å²) in [5.41, 5.74) is 6.74. The number of urea groups is 1. The first kappa shape index (κ1) is 17.1. The van der Waals surface area contributed by atoms with Gasteiger partial charge in [0.05, 0.1) is 4.90 Å². The Kier molecular flexibility index (Phi) is 4.23. The van der Waals surface area contributed by atoms with Crippen LogP contribution >= 0.6 is 0 Å². The third kappa shape index (κ3) is 3.09. The molecular weight excluding hydrogens is 348 g/mol. The van der Waals surface area contributed by atoms with Gasteiger partial charge in [-0.25, -0.2) is 17.9 Å². The first-order valence-corrected chi connectivity index (χ1v) is 10.5. The minimum atomic E-state index is -3.89. The Balaban J connectivity index is 1.59. The molecular formula is C20H22N2O3S. The maximum Gasteiger partial charge on any atom is 0.333 e. The standard InChI is InChI=1S/C20H22N2O3S/c1-13-8-10-16(11-9-13)26(24,25)22-20(23)21-19-17-6-2-4-14(17)12-15-5-3-7-18(15)19/h8-12H,2-7H2,1H3,(H2,21,22,23). The Hall–Kier alpha value is -2.34. The van der Waals surface area contributed by atoms with E-state index in [2.05, 4.69) is 16.1 Å². The molecule has 0 bridgehead atoms. The largest absolute Gasteiger partial charge is 0.333 e. The van der Waals surface area contributed by atoms with Crippen molar-refractivity contribution in [2.45, 2.75) is 50.3 Å². The molecule has 2 aliphatic rings. The number of amides is 2. The third-order valence-electron chi connectivity index (χ3n) is 5.27. The number of carbonyl (C=O) groups excluding carboxylic acids is 1. The highest BCUT2D eigenvalue weighted by atomic mass is 32.2. The van der Waals surface area contributed by atoms with Gasteiger partial charge in [-0.15, -0.1) is 0 Å². The Morgan fingerprint density at radius 2 is 1.50 bits per heavy atom. The molecule has 2 amide bonds. The summed E-state index contributed by atoms with van der Waals surface area (Å²) in [6.45, 7) is 1.88. The van der Waals surface area contributed by atoms with Crippen LogP contribution in [0.1, 0.15) is 40.7 Å². The second kappa shape index (κ2) is 6.43. The van der Waals surface area contributed by atoms with Crippen molar-refractivity contribution in [2.75, 3.05) is 5.32 Å². The summed E-state index contributed by atoms with van der Waals surface area (Å²) in [6, 6.07) is 8.01. The lowest BCUT2D eigenvalue weighted by Gasteiger charge is -2.16. The van der Waals surface area contributed by atoms with Crippen molar-refractivity contribution in [1.82, 2.24) is 4.72 Å². The van der Waals surface area contributed by atoms with E-state index in [0.29, 0.717) is 0 Å². The van der Waals surface area contributed by atoms with Gasteiger partial charge < -0.3 is 5.32 Å². The van der Waals surface area contributed by atoms with Crippen molar-refractivity contribution in [1.29, 1.82) is 0 Å². The molecule has 0 saturated heterocycles. The van der Waals surface area contributed by atoms with Crippen LogP contribution in [0.2, 0.25) is 0 Å². The Morgan fingerprint density at radius 1 is 0.923 bits per heavy atom. The van der Waals surface area contributed by atoms with E-state index in [1.54, 1.807) is 12.1 Å². The van der Waals surface area contributed by atoms with Gasteiger partial charge in [0, 0.05) is 5.69 Å². The first-order chi connectivity index (χ1) is 12.4. The highest BCUT2D eigenvalue weighted by Gasteiger charge is 2.26. The molecule has 0 aromatic heterocycles. The van der Waals surface area contributed by atoms with Gasteiger partial charge in [-0.3, -0.25) is 0 Å². The number of aryl methyl sites for hydroxylation is 3. The van der Waals surface area contributed by atoms with Crippen LogP contribution in [0.4, 0.5) is 10.5 Å². The zero-order valence-electron chi connectivity index (χ0n) is 14.8. The fourth-order valence-corrected chi connectivity index (χ4v) is 4.91. The maximum atomic E-state index is 12.5. The van der Waals surface area contributed by atoms with Crippen molar-refractivity contribution in [3.8, 4) is 0 Å². The van der Waals surface area contributed by atoms with Crippen molar-refractivity contribution < 1.29 is 13.2 Å². The minimum absolute atomic E-state index is 0.0850. The third-order valence-corrected chi connectivity index (χ3v) is 6.62. The summed E-state index contributed by atoms with van der Waals surface area (Å²) in [6.07, 6.45) is 6.08. The van der Waals surface area contributed by atoms with Crippen LogP contribution in [-0.2, 0) is 35.7 Å². The molecule has 6 heteroatoms. The zero-order chi connectivity index (χ0) is 18.3. The van der Waals surface area contributed by atoms with Crippen LogP contribution in [0, 0.1) is 6.92 Å². The van der Waals surface area contributed by atoms with Crippen LogP contribution in [0.3, 0.4) is 0 Å². The molecule has 2 N–H and O–H groups in total. The molecule has 0 unspecified atom stereocenters. The second-order valence-electron chi connectivity index (χ2n) is 7.11. The average molecular weight is 370 g/mol. The monoisotopic (exact) mass is 370 g/mol. The molecule has 2 aromatic rings. The quantitative estimate of drug-likeness (QED) is 0.868. The minimum Gasteiger partial charge on any atom is -0.307 e. The predicted molar refractivity (Wildman–Crippen MR) is 101 cm³/mol. The molecule has 2 aromatic carbocycles. The van der Waals surface area contributed by atoms with Crippen molar-refractivity contribution in [3.63, 3.8) is 0 Å². The van der Waals surface area contributed by atoms with Gasteiger partial charge in [-0.2, -0.15) is 0 Å². The van der Waals surface area contributed by atoms with E-state index in [4.69, 9.17) is 0 Å². The summed E-state index contributed by atoms with van der Waals surface area (Å²) in [4.78, 5) is 12.6. The molecule has 4 rings (SSSR count). The summed E-state index contributed by atoms with van der Waals surface area (Å²) in [5, 5.41) is 2.85. The van der Waals surface area contributed by atoms with Gasteiger partial charge in [0.15, 0.2) is 0 Å². The smallest absolute Gasteiger partial charge is 0.307 e. The average Bonchev–Trinajstić information content (AvgIpc) is 3.23. The fourth-order valence-electron chi connectivity index (χ4n) is 4.00. The zero-order valence-corrected chi connectivity index (χ0v) is 15.6. The fraction of sp³-hybridized carbons (Fsp3) is 0.350. The number of benzene rings is 2. The van der Waals surface area contributed by atoms with E-state index in [1.807, 2.05) is 6.92 Å². The van der Waals surface area contributed by atoms with Gasteiger partial charge in [0.1, 0.15) is 0 Å². The highest BCUT2D eigenvalue weighted by molar-refractivity contribution is 7.90. The number of nitrogens with one attached hydrogen (secondary N) is 2. The van der Waals surface area contributed by atoms with Gasteiger partial charge in [-0.1, -0.05) is 23.8 Å². The summed E-state index contributed by atoms with van der Waals surface area (Å²) in [5.74, 6) is 0. The molecule has 136 valence electrons. The van der Waals surface area contributed by atoms with Gasteiger partial charge in [-0.05, 0) is 79.8 Å². The van der Waals surface area contributed by atoms with E-state index in [-0.39, 0.29) is 4.90 Å². The van der Waals surface area contributed by atoms with Crippen molar-refractivity contribution in [3.05, 3.63) is 58.1 Å². The number of rotatable bonds is 3. The normalized spacial score (nSPS) is 15.4. The Bertz CT molecular complexity index is 947. The predicted octanol–water partition coefficient (Wildman–Crippen LogP) is 3.48. The molecule has 2 aliphatic carbocycles. The van der Waals surface area contributed by atoms with E-state index in [1.165, 1.54) is 34.4 Å². The van der Waals surface area contributed by atoms with Crippen LogP contribution in [0.25, 0.3) is 0 Å². The number of anilines is 1.